The summed E-state index contributed by atoms with van der Waals surface area (Å²) < 4.78 is 21.6. The highest BCUT2D eigenvalue weighted by atomic mass is 35.5. The molecule has 0 saturated carbocycles. The predicted molar refractivity (Wildman–Crippen MR) is 131 cm³/mol. The number of hydrogen-bond acceptors (Lipinski definition) is 5. The van der Waals surface area contributed by atoms with Crippen LogP contribution in [-0.2, 0) is 16.1 Å². The number of rotatable bonds is 11. The van der Waals surface area contributed by atoms with E-state index >= 15 is 0 Å². The highest BCUT2D eigenvalue weighted by Gasteiger charge is 2.32. The monoisotopic (exact) mass is 487 g/mol. The van der Waals surface area contributed by atoms with Crippen LogP contribution in [0.4, 0.5) is 4.39 Å². The fraction of sp³-hybridized carbons (Fsp3) is 0.400. The second-order valence-electron chi connectivity index (χ2n) is 8.41. The Kier molecular flexibility index (Phi) is 9.15. The Morgan fingerprint density at radius 3 is 2.62 bits per heavy atom. The maximum atomic E-state index is 14.7. The lowest BCUT2D eigenvalue weighted by Gasteiger charge is -2.34. The van der Waals surface area contributed by atoms with Crippen LogP contribution in [0.2, 0.25) is 5.02 Å². The zero-order chi connectivity index (χ0) is 24.7. The molecule has 1 amide bonds. The Labute approximate surface area is 204 Å². The molecule has 3 rings (SSSR count). The fourth-order valence-corrected chi connectivity index (χ4v) is 4.09. The van der Waals surface area contributed by atoms with Crippen molar-refractivity contribution >= 4 is 17.5 Å². The highest BCUT2D eigenvalue weighted by Crippen LogP contribution is 2.31. The lowest BCUT2D eigenvalue weighted by atomic mass is 10.0. The molecule has 2 aromatic carbocycles. The van der Waals surface area contributed by atoms with Gasteiger partial charge in [0.15, 0.2) is 11.6 Å². The molecule has 0 aliphatic rings. The Hall–Kier alpha value is -2.81. The van der Waals surface area contributed by atoms with E-state index < -0.39 is 11.9 Å². The van der Waals surface area contributed by atoms with Crippen LogP contribution in [0.5, 0.6) is 0 Å². The molecule has 0 fully saturated rings. The van der Waals surface area contributed by atoms with E-state index in [9.17, 15) is 9.18 Å². The van der Waals surface area contributed by atoms with Crippen LogP contribution in [0.1, 0.15) is 37.7 Å². The maximum Gasteiger partial charge on any atom is 0.249 e. The van der Waals surface area contributed by atoms with E-state index in [1.54, 1.807) is 9.58 Å². The molecular weight excluding hydrogens is 457 g/mol. The number of nitrogens with zero attached hydrogens (tertiary/aromatic N) is 4. The van der Waals surface area contributed by atoms with Gasteiger partial charge >= 0.3 is 0 Å². The lowest BCUT2D eigenvalue weighted by Crippen LogP contribution is -2.42. The minimum atomic E-state index is -0.468. The van der Waals surface area contributed by atoms with Crippen LogP contribution in [0.3, 0.4) is 0 Å². The van der Waals surface area contributed by atoms with Crippen LogP contribution in [-0.4, -0.2) is 52.4 Å². The molecule has 34 heavy (non-hydrogen) atoms. The Balaban J connectivity index is 2.15. The summed E-state index contributed by atoms with van der Waals surface area (Å²) in [6.07, 6.45) is 0.626. The molecule has 3 aromatic rings. The van der Waals surface area contributed by atoms with E-state index in [1.165, 1.54) is 25.3 Å². The minimum Gasteiger partial charge on any atom is -0.375 e. The van der Waals surface area contributed by atoms with Crippen molar-refractivity contribution in [3.8, 4) is 11.4 Å². The average Bonchev–Trinajstić information content (AvgIpc) is 3.21. The van der Waals surface area contributed by atoms with Gasteiger partial charge in [-0.2, -0.15) is 5.10 Å². The van der Waals surface area contributed by atoms with Gasteiger partial charge in [-0.05, 0) is 42.6 Å². The molecule has 1 aromatic heterocycles. The van der Waals surface area contributed by atoms with Gasteiger partial charge in [0.25, 0.3) is 0 Å². The highest BCUT2D eigenvalue weighted by molar-refractivity contribution is 6.30. The lowest BCUT2D eigenvalue weighted by molar-refractivity contribution is -0.139. The van der Waals surface area contributed by atoms with Crippen molar-refractivity contribution < 1.29 is 13.9 Å². The van der Waals surface area contributed by atoms with E-state index in [-0.39, 0.29) is 29.8 Å². The van der Waals surface area contributed by atoms with Gasteiger partial charge in [-0.25, -0.2) is 14.1 Å². The normalized spacial score (nSPS) is 12.2. The van der Waals surface area contributed by atoms with Crippen LogP contribution in [0.25, 0.3) is 11.4 Å². The van der Waals surface area contributed by atoms with Crippen molar-refractivity contribution in [2.45, 2.75) is 32.9 Å². The predicted octanol–water partition coefficient (Wildman–Crippen LogP) is 4.31. The number of amides is 1. The number of aromatic nitrogens is 3. The van der Waals surface area contributed by atoms with Crippen molar-refractivity contribution in [1.82, 2.24) is 19.7 Å². The maximum absolute atomic E-state index is 14.7. The van der Waals surface area contributed by atoms with Gasteiger partial charge < -0.3 is 15.4 Å². The smallest absolute Gasteiger partial charge is 0.249 e. The summed E-state index contributed by atoms with van der Waals surface area (Å²) in [6, 6.07) is 13.7. The SMILES string of the molecule is COCC(=O)N(CCCN)[C@@H](c1nc(-c2cc(Cl)ccc2F)nn1Cc1ccccc1)C(C)C. The summed E-state index contributed by atoms with van der Waals surface area (Å²) in [5.41, 5.74) is 6.97. The third-order valence-electron chi connectivity index (χ3n) is 5.47. The molecule has 0 unspecified atom stereocenters. The summed E-state index contributed by atoms with van der Waals surface area (Å²) in [5, 5.41) is 5.05. The van der Waals surface area contributed by atoms with Gasteiger partial charge in [0.05, 0.1) is 18.2 Å². The summed E-state index contributed by atoms with van der Waals surface area (Å²) in [4.78, 5) is 19.5. The first-order chi connectivity index (χ1) is 16.3. The molecule has 0 aliphatic heterocycles. The second-order valence-corrected chi connectivity index (χ2v) is 8.85. The summed E-state index contributed by atoms with van der Waals surface area (Å²) in [6.45, 7) is 5.27. The number of benzene rings is 2. The first kappa shape index (κ1) is 25.8. The van der Waals surface area contributed by atoms with E-state index in [0.717, 1.165) is 5.56 Å². The van der Waals surface area contributed by atoms with Gasteiger partial charge in [0.1, 0.15) is 12.4 Å². The van der Waals surface area contributed by atoms with E-state index in [1.807, 2.05) is 44.2 Å². The number of halogens is 2. The Morgan fingerprint density at radius 1 is 1.24 bits per heavy atom. The van der Waals surface area contributed by atoms with Crippen molar-refractivity contribution in [3.05, 3.63) is 70.8 Å². The molecule has 0 spiro atoms. The number of ether oxygens (including phenoxy) is 1. The molecule has 2 N–H and O–H groups in total. The summed E-state index contributed by atoms with van der Waals surface area (Å²) in [7, 11) is 1.49. The van der Waals surface area contributed by atoms with Gasteiger partial charge in [0, 0.05) is 18.7 Å². The Bertz CT molecular complexity index is 1090. The zero-order valence-electron chi connectivity index (χ0n) is 19.7. The Morgan fingerprint density at radius 2 is 1.97 bits per heavy atom. The number of hydrogen-bond donors (Lipinski definition) is 1. The van der Waals surface area contributed by atoms with Crippen molar-refractivity contribution in [2.75, 3.05) is 26.8 Å². The molecule has 0 aliphatic carbocycles. The molecule has 1 heterocycles. The van der Waals surface area contributed by atoms with Gasteiger partial charge in [-0.15, -0.1) is 0 Å². The van der Waals surface area contributed by atoms with Crippen LogP contribution >= 0.6 is 11.6 Å². The van der Waals surface area contributed by atoms with Gasteiger partial charge in [0.2, 0.25) is 5.91 Å². The van der Waals surface area contributed by atoms with Crippen LogP contribution in [0, 0.1) is 11.7 Å². The van der Waals surface area contributed by atoms with Crippen molar-refractivity contribution in [1.29, 1.82) is 0 Å². The second kappa shape index (κ2) is 12.1. The van der Waals surface area contributed by atoms with Crippen molar-refractivity contribution in [3.63, 3.8) is 0 Å². The first-order valence-corrected chi connectivity index (χ1v) is 11.7. The van der Waals surface area contributed by atoms with Crippen LogP contribution < -0.4 is 5.73 Å². The molecular formula is C25H31ClFN5O2. The van der Waals surface area contributed by atoms with Crippen LogP contribution in [0.15, 0.2) is 48.5 Å². The molecule has 0 saturated heterocycles. The standard InChI is InChI=1S/C25H31ClFN5O2/c1-17(2)23(31(13-7-12-28)22(33)16-34-3)25-29-24(20-14-19(26)10-11-21(20)27)30-32(25)15-18-8-5-4-6-9-18/h4-6,8-11,14,17,23H,7,12-13,15-16,28H2,1-3H3/t23-/m1/s1. The van der Waals surface area contributed by atoms with Gasteiger partial charge in [-0.1, -0.05) is 55.8 Å². The molecule has 7 nitrogen and oxygen atoms in total. The third kappa shape index (κ3) is 6.20. The molecule has 0 bridgehead atoms. The number of carbonyl (C=O) groups is 1. The number of nitrogens with two attached hydrogens (primary N) is 1. The molecule has 9 heteroatoms. The molecule has 182 valence electrons. The van der Waals surface area contributed by atoms with E-state index in [0.29, 0.717) is 36.9 Å². The molecule has 0 radical (unpaired) electrons. The topological polar surface area (TPSA) is 86.3 Å². The van der Waals surface area contributed by atoms with E-state index in [2.05, 4.69) is 5.10 Å². The summed E-state index contributed by atoms with van der Waals surface area (Å²) >= 11 is 6.13. The average molecular weight is 488 g/mol. The largest absolute Gasteiger partial charge is 0.375 e. The van der Waals surface area contributed by atoms with E-state index in [4.69, 9.17) is 27.1 Å². The minimum absolute atomic E-state index is 0.00522. The quantitative estimate of drug-likeness (QED) is 0.435. The first-order valence-electron chi connectivity index (χ1n) is 11.3. The number of methoxy groups -OCH3 is 1. The summed E-state index contributed by atoms with van der Waals surface area (Å²) in [5.74, 6) is 0.141. The fourth-order valence-electron chi connectivity index (χ4n) is 3.91. The zero-order valence-corrected chi connectivity index (χ0v) is 20.5. The van der Waals surface area contributed by atoms with Crippen molar-refractivity contribution in [2.24, 2.45) is 11.7 Å². The van der Waals surface area contributed by atoms with Gasteiger partial charge in [-0.3, -0.25) is 4.79 Å². The number of carbonyl (C=O) groups excluding carboxylic acids is 1. The molecule has 1 atom stereocenters. The third-order valence-corrected chi connectivity index (χ3v) is 5.70.